The fourth-order valence-corrected chi connectivity index (χ4v) is 8.09. The van der Waals surface area contributed by atoms with Gasteiger partial charge in [0.25, 0.3) is 0 Å². The van der Waals surface area contributed by atoms with E-state index >= 15 is 0 Å². The van der Waals surface area contributed by atoms with Crippen molar-refractivity contribution >= 4 is 26.5 Å². The molecule has 2 aromatic carbocycles. The second-order valence-corrected chi connectivity index (χ2v) is 11.2. The van der Waals surface area contributed by atoms with E-state index < -0.39 is 15.8 Å². The lowest BCUT2D eigenvalue weighted by Crippen LogP contribution is -2.28. The van der Waals surface area contributed by atoms with E-state index in [9.17, 15) is 10.2 Å². The van der Waals surface area contributed by atoms with Crippen LogP contribution in [0, 0.1) is 0 Å². The summed E-state index contributed by atoms with van der Waals surface area (Å²) in [5.74, 6) is 0. The molecular weight excluding hydrogens is 298 g/mol. The fourth-order valence-electron chi connectivity index (χ4n) is 2.50. The van der Waals surface area contributed by atoms with Crippen molar-refractivity contribution in [2.75, 3.05) is 12.7 Å². The standard InChI is InChI=1S/C17H22O2P2/c1-17(2,20(13-18)15-9-5-3-6-10-15)21(14-19)16-11-7-4-8-12-16/h3-12,18-19H,13-14H2,1-2H3. The highest BCUT2D eigenvalue weighted by molar-refractivity contribution is 7.84. The van der Waals surface area contributed by atoms with Crippen LogP contribution in [0.1, 0.15) is 13.8 Å². The average molecular weight is 320 g/mol. The largest absolute Gasteiger partial charge is 0.392 e. The van der Waals surface area contributed by atoms with Crippen molar-refractivity contribution in [1.29, 1.82) is 0 Å². The first-order valence-corrected chi connectivity index (χ1v) is 10.0. The van der Waals surface area contributed by atoms with Crippen LogP contribution in [-0.4, -0.2) is 27.8 Å². The molecule has 0 radical (unpaired) electrons. The molecule has 2 atom stereocenters. The predicted octanol–water partition coefficient (Wildman–Crippen LogP) is 3.24. The minimum Gasteiger partial charge on any atom is -0.392 e. The van der Waals surface area contributed by atoms with Crippen LogP contribution in [0.4, 0.5) is 0 Å². The van der Waals surface area contributed by atoms with Crippen LogP contribution < -0.4 is 10.6 Å². The van der Waals surface area contributed by atoms with Gasteiger partial charge in [0.2, 0.25) is 0 Å². The zero-order chi connectivity index (χ0) is 15.3. The SMILES string of the molecule is CC(C)(P(CO)c1ccccc1)P(CO)c1ccccc1. The van der Waals surface area contributed by atoms with Crippen molar-refractivity contribution in [3.8, 4) is 0 Å². The van der Waals surface area contributed by atoms with E-state index in [2.05, 4.69) is 38.1 Å². The van der Waals surface area contributed by atoms with Crippen molar-refractivity contribution in [2.24, 2.45) is 0 Å². The third-order valence-corrected chi connectivity index (χ3v) is 10.2. The first kappa shape index (κ1) is 16.6. The second-order valence-electron chi connectivity index (χ2n) is 5.30. The van der Waals surface area contributed by atoms with Gasteiger partial charge in [0.15, 0.2) is 0 Å². The summed E-state index contributed by atoms with van der Waals surface area (Å²) >= 11 is 0. The molecule has 0 aliphatic rings. The van der Waals surface area contributed by atoms with Gasteiger partial charge in [0.1, 0.15) is 0 Å². The number of aliphatic hydroxyl groups is 2. The Balaban J connectivity index is 2.38. The molecule has 0 bridgehead atoms. The number of aliphatic hydroxyl groups excluding tert-OH is 2. The Bertz CT molecular complexity index is 494. The number of hydrogen-bond acceptors (Lipinski definition) is 2. The first-order valence-electron chi connectivity index (χ1n) is 6.98. The Hall–Kier alpha value is -0.780. The first-order chi connectivity index (χ1) is 10.1. The van der Waals surface area contributed by atoms with Crippen LogP contribution in [0.25, 0.3) is 0 Å². The van der Waals surface area contributed by atoms with Crippen molar-refractivity contribution in [2.45, 2.75) is 18.7 Å². The highest BCUT2D eigenvalue weighted by Gasteiger charge is 2.38. The van der Waals surface area contributed by atoms with Crippen molar-refractivity contribution in [3.63, 3.8) is 0 Å². The summed E-state index contributed by atoms with van der Waals surface area (Å²) in [6.45, 7) is 4.35. The Morgan fingerprint density at radius 3 is 1.33 bits per heavy atom. The van der Waals surface area contributed by atoms with E-state index in [4.69, 9.17) is 0 Å². The molecule has 0 aromatic heterocycles. The van der Waals surface area contributed by atoms with Gasteiger partial charge in [-0.15, -0.1) is 0 Å². The molecule has 21 heavy (non-hydrogen) atoms. The molecule has 112 valence electrons. The second kappa shape index (κ2) is 7.47. The molecule has 0 saturated carbocycles. The van der Waals surface area contributed by atoms with Crippen LogP contribution in [0.15, 0.2) is 60.7 Å². The Kier molecular flexibility index (Phi) is 5.90. The molecule has 2 aromatic rings. The normalized spacial score (nSPS) is 14.7. The number of benzene rings is 2. The summed E-state index contributed by atoms with van der Waals surface area (Å²) < 4.78 is 0. The van der Waals surface area contributed by atoms with E-state index in [0.717, 1.165) is 0 Å². The molecule has 0 aliphatic carbocycles. The van der Waals surface area contributed by atoms with E-state index in [0.29, 0.717) is 0 Å². The third kappa shape index (κ3) is 3.71. The van der Waals surface area contributed by atoms with Gasteiger partial charge in [-0.3, -0.25) is 0 Å². The zero-order valence-electron chi connectivity index (χ0n) is 12.5. The maximum atomic E-state index is 9.96. The fraction of sp³-hybridized carbons (Fsp3) is 0.294. The molecule has 0 aliphatic heterocycles. The lowest BCUT2D eigenvalue weighted by atomic mass is 10.4. The summed E-state index contributed by atoms with van der Waals surface area (Å²) in [6.07, 6.45) is 0.302. The van der Waals surface area contributed by atoms with Crippen LogP contribution in [0.3, 0.4) is 0 Å². The summed E-state index contributed by atoms with van der Waals surface area (Å²) in [5.41, 5.74) is 0. The maximum Gasteiger partial charge on any atom is 0.0674 e. The summed E-state index contributed by atoms with van der Waals surface area (Å²) in [7, 11) is -1.48. The van der Waals surface area contributed by atoms with Gasteiger partial charge in [-0.2, -0.15) is 0 Å². The van der Waals surface area contributed by atoms with E-state index in [1.165, 1.54) is 10.6 Å². The Labute approximate surface area is 129 Å². The summed E-state index contributed by atoms with van der Waals surface area (Å²) in [5, 5.41) is 22.3. The van der Waals surface area contributed by atoms with Gasteiger partial charge in [0, 0.05) is 4.90 Å². The Morgan fingerprint density at radius 1 is 0.714 bits per heavy atom. The third-order valence-electron chi connectivity index (χ3n) is 3.74. The monoisotopic (exact) mass is 320 g/mol. The van der Waals surface area contributed by atoms with Gasteiger partial charge < -0.3 is 10.2 Å². The smallest absolute Gasteiger partial charge is 0.0674 e. The minimum absolute atomic E-state index is 0.128. The van der Waals surface area contributed by atoms with Crippen LogP contribution >= 0.6 is 15.8 Å². The number of rotatable bonds is 6. The molecule has 4 heteroatoms. The average Bonchev–Trinajstić information content (AvgIpc) is 2.50. The van der Waals surface area contributed by atoms with Gasteiger partial charge >= 0.3 is 0 Å². The van der Waals surface area contributed by atoms with Crippen molar-refractivity contribution in [3.05, 3.63) is 60.7 Å². The minimum atomic E-state index is -0.741. The quantitative estimate of drug-likeness (QED) is 0.802. The molecular formula is C17H22O2P2. The zero-order valence-corrected chi connectivity index (χ0v) is 14.3. The molecule has 0 fully saturated rings. The highest BCUT2D eigenvalue weighted by Crippen LogP contribution is 2.64. The molecule has 2 unspecified atom stereocenters. The van der Waals surface area contributed by atoms with Gasteiger partial charge in [0.05, 0.1) is 12.7 Å². The molecule has 0 spiro atoms. The summed E-state index contributed by atoms with van der Waals surface area (Å²) in [4.78, 5) is -0.128. The van der Waals surface area contributed by atoms with E-state index in [-0.39, 0.29) is 17.6 Å². The van der Waals surface area contributed by atoms with Crippen molar-refractivity contribution < 1.29 is 10.2 Å². The Morgan fingerprint density at radius 2 is 1.05 bits per heavy atom. The lowest BCUT2D eigenvalue weighted by molar-refractivity contribution is 0.366. The van der Waals surface area contributed by atoms with Crippen LogP contribution in [-0.2, 0) is 0 Å². The van der Waals surface area contributed by atoms with E-state index in [1.54, 1.807) is 0 Å². The van der Waals surface area contributed by atoms with Crippen LogP contribution in [0.2, 0.25) is 0 Å². The van der Waals surface area contributed by atoms with Crippen LogP contribution in [0.5, 0.6) is 0 Å². The van der Waals surface area contributed by atoms with E-state index in [1.807, 2.05) is 36.4 Å². The molecule has 0 amide bonds. The van der Waals surface area contributed by atoms with Crippen molar-refractivity contribution in [1.82, 2.24) is 0 Å². The number of hydrogen-bond donors (Lipinski definition) is 2. The highest BCUT2D eigenvalue weighted by atomic mass is 31.2. The molecule has 2 nitrogen and oxygen atoms in total. The van der Waals surface area contributed by atoms with Gasteiger partial charge in [-0.05, 0) is 26.5 Å². The molecule has 2 N–H and O–H groups in total. The topological polar surface area (TPSA) is 40.5 Å². The predicted molar refractivity (Wildman–Crippen MR) is 94.2 cm³/mol. The molecule has 0 saturated heterocycles. The maximum absolute atomic E-state index is 9.96. The van der Waals surface area contributed by atoms with Gasteiger partial charge in [-0.1, -0.05) is 74.5 Å². The molecule has 2 rings (SSSR count). The molecule has 0 heterocycles. The summed E-state index contributed by atoms with van der Waals surface area (Å²) in [6, 6.07) is 20.4. The van der Waals surface area contributed by atoms with Gasteiger partial charge in [-0.25, -0.2) is 0 Å². The lowest BCUT2D eigenvalue weighted by Gasteiger charge is -2.40.